The summed E-state index contributed by atoms with van der Waals surface area (Å²) < 4.78 is 19.4. The fourth-order valence-corrected chi connectivity index (χ4v) is 1.83. The molecule has 0 saturated heterocycles. The summed E-state index contributed by atoms with van der Waals surface area (Å²) >= 11 is 0. The lowest BCUT2D eigenvalue weighted by Crippen LogP contribution is -1.98. The van der Waals surface area contributed by atoms with Gasteiger partial charge in [-0.25, -0.2) is 9.18 Å². The van der Waals surface area contributed by atoms with Gasteiger partial charge in [0, 0.05) is 5.56 Å². The van der Waals surface area contributed by atoms with Crippen LogP contribution < -0.4 is 4.74 Å². The fraction of sp³-hybridized carbons (Fsp3) is 0.188. The van der Waals surface area contributed by atoms with E-state index in [0.717, 1.165) is 18.2 Å². The Bertz CT molecular complexity index is 606. The molecule has 0 atom stereocenters. The molecule has 0 aliphatic heterocycles. The molecule has 2 aromatic rings. The molecule has 2 rings (SSSR count). The number of carboxylic acids is 1. The number of hydrogen-bond donors (Lipinski definition) is 1. The summed E-state index contributed by atoms with van der Waals surface area (Å²) in [6, 6.07) is 10.9. The van der Waals surface area contributed by atoms with Gasteiger partial charge in [0.05, 0.1) is 12.2 Å². The first kappa shape index (κ1) is 14.1. The highest BCUT2D eigenvalue weighted by atomic mass is 19.1. The molecular weight excluding hydrogens is 259 g/mol. The van der Waals surface area contributed by atoms with Crippen molar-refractivity contribution in [3.63, 3.8) is 0 Å². The molecule has 3 nitrogen and oxygen atoms in total. The van der Waals surface area contributed by atoms with Crippen molar-refractivity contribution < 1.29 is 19.0 Å². The van der Waals surface area contributed by atoms with Crippen LogP contribution in [-0.2, 0) is 0 Å². The maximum absolute atomic E-state index is 13.9. The molecule has 0 spiro atoms. The number of carboxylic acid groups (broad SMARTS) is 1. The lowest BCUT2D eigenvalue weighted by atomic mass is 10.0. The van der Waals surface area contributed by atoms with Crippen molar-refractivity contribution in [2.24, 2.45) is 0 Å². The normalized spacial score (nSPS) is 10.3. The van der Waals surface area contributed by atoms with E-state index < -0.39 is 11.8 Å². The molecule has 0 fully saturated rings. The van der Waals surface area contributed by atoms with Crippen molar-refractivity contribution in [3.8, 4) is 16.9 Å². The lowest BCUT2D eigenvalue weighted by Gasteiger charge is -2.07. The highest BCUT2D eigenvalue weighted by Gasteiger charge is 2.09. The van der Waals surface area contributed by atoms with Crippen LogP contribution in [0.4, 0.5) is 4.39 Å². The minimum atomic E-state index is -1.14. The van der Waals surface area contributed by atoms with Crippen LogP contribution in [0.5, 0.6) is 5.75 Å². The zero-order valence-corrected chi connectivity index (χ0v) is 11.1. The molecule has 2 aromatic carbocycles. The van der Waals surface area contributed by atoms with Crippen LogP contribution in [-0.4, -0.2) is 17.7 Å². The molecule has 0 amide bonds. The Kier molecular flexibility index (Phi) is 4.35. The van der Waals surface area contributed by atoms with E-state index in [-0.39, 0.29) is 5.56 Å². The van der Waals surface area contributed by atoms with Gasteiger partial charge in [-0.3, -0.25) is 0 Å². The van der Waals surface area contributed by atoms with Gasteiger partial charge in [0.25, 0.3) is 0 Å². The minimum Gasteiger partial charge on any atom is -0.494 e. The van der Waals surface area contributed by atoms with Gasteiger partial charge in [-0.15, -0.1) is 0 Å². The number of benzene rings is 2. The van der Waals surface area contributed by atoms with Crippen molar-refractivity contribution >= 4 is 5.97 Å². The van der Waals surface area contributed by atoms with E-state index in [1.165, 1.54) is 12.1 Å². The molecule has 104 valence electrons. The average Bonchev–Trinajstić information content (AvgIpc) is 2.45. The van der Waals surface area contributed by atoms with Gasteiger partial charge in [0.1, 0.15) is 11.6 Å². The van der Waals surface area contributed by atoms with E-state index in [0.29, 0.717) is 17.7 Å². The molecule has 0 aliphatic carbocycles. The van der Waals surface area contributed by atoms with Crippen molar-refractivity contribution in [1.29, 1.82) is 0 Å². The Morgan fingerprint density at radius 3 is 2.45 bits per heavy atom. The SMILES string of the molecule is CCCOc1ccc(-c2ccc(C(=O)O)cc2F)cc1. The van der Waals surface area contributed by atoms with Crippen LogP contribution in [0.25, 0.3) is 11.1 Å². The number of ether oxygens (including phenoxy) is 1. The monoisotopic (exact) mass is 274 g/mol. The van der Waals surface area contributed by atoms with Crippen molar-refractivity contribution in [2.45, 2.75) is 13.3 Å². The molecule has 0 radical (unpaired) electrons. The van der Waals surface area contributed by atoms with Crippen LogP contribution in [0, 0.1) is 5.82 Å². The largest absolute Gasteiger partial charge is 0.494 e. The van der Waals surface area contributed by atoms with E-state index in [4.69, 9.17) is 9.84 Å². The number of aromatic carboxylic acids is 1. The lowest BCUT2D eigenvalue weighted by molar-refractivity contribution is 0.0696. The molecule has 20 heavy (non-hydrogen) atoms. The fourth-order valence-electron chi connectivity index (χ4n) is 1.83. The third-order valence-corrected chi connectivity index (χ3v) is 2.85. The van der Waals surface area contributed by atoms with Gasteiger partial charge in [-0.1, -0.05) is 25.1 Å². The van der Waals surface area contributed by atoms with Crippen LogP contribution >= 0.6 is 0 Å². The first-order valence-electron chi connectivity index (χ1n) is 6.38. The molecule has 1 N–H and O–H groups in total. The summed E-state index contributed by atoms with van der Waals surface area (Å²) in [5.74, 6) is -0.955. The first-order valence-corrected chi connectivity index (χ1v) is 6.38. The maximum atomic E-state index is 13.9. The minimum absolute atomic E-state index is 0.0610. The second kappa shape index (κ2) is 6.19. The quantitative estimate of drug-likeness (QED) is 0.897. The molecule has 4 heteroatoms. The summed E-state index contributed by atoms with van der Waals surface area (Å²) in [6.45, 7) is 2.66. The standard InChI is InChI=1S/C16H15FO3/c1-2-9-20-13-6-3-11(4-7-13)14-8-5-12(16(18)19)10-15(14)17/h3-8,10H,2,9H2,1H3,(H,18,19). The van der Waals surface area contributed by atoms with E-state index in [2.05, 4.69) is 0 Å². The average molecular weight is 274 g/mol. The molecule has 0 aliphatic rings. The number of carbonyl (C=O) groups is 1. The second-order valence-corrected chi connectivity index (χ2v) is 4.37. The zero-order valence-electron chi connectivity index (χ0n) is 11.1. The molecular formula is C16H15FO3. The van der Waals surface area contributed by atoms with E-state index >= 15 is 0 Å². The van der Waals surface area contributed by atoms with E-state index in [1.807, 2.05) is 6.92 Å². The third-order valence-electron chi connectivity index (χ3n) is 2.85. The van der Waals surface area contributed by atoms with Gasteiger partial charge < -0.3 is 9.84 Å². The number of hydrogen-bond acceptors (Lipinski definition) is 2. The predicted molar refractivity (Wildman–Crippen MR) is 74.6 cm³/mol. The van der Waals surface area contributed by atoms with Crippen molar-refractivity contribution in [2.75, 3.05) is 6.61 Å². The topological polar surface area (TPSA) is 46.5 Å². The third kappa shape index (κ3) is 3.15. The highest BCUT2D eigenvalue weighted by Crippen LogP contribution is 2.25. The summed E-state index contributed by atoms with van der Waals surface area (Å²) in [5, 5.41) is 8.81. The number of rotatable bonds is 5. The Balaban J connectivity index is 2.25. The molecule has 0 heterocycles. The Hall–Kier alpha value is -2.36. The van der Waals surface area contributed by atoms with Crippen molar-refractivity contribution in [1.82, 2.24) is 0 Å². The molecule has 0 saturated carbocycles. The van der Waals surface area contributed by atoms with Gasteiger partial charge >= 0.3 is 5.97 Å². The van der Waals surface area contributed by atoms with Crippen molar-refractivity contribution in [3.05, 3.63) is 53.8 Å². The van der Waals surface area contributed by atoms with Gasteiger partial charge in [-0.2, -0.15) is 0 Å². The van der Waals surface area contributed by atoms with E-state index in [9.17, 15) is 9.18 Å². The maximum Gasteiger partial charge on any atom is 0.335 e. The van der Waals surface area contributed by atoms with Crippen LogP contribution in [0.15, 0.2) is 42.5 Å². The Labute approximate surface area is 116 Å². The zero-order chi connectivity index (χ0) is 14.5. The Morgan fingerprint density at radius 1 is 1.20 bits per heavy atom. The first-order chi connectivity index (χ1) is 9.61. The van der Waals surface area contributed by atoms with Crippen LogP contribution in [0.3, 0.4) is 0 Å². The highest BCUT2D eigenvalue weighted by molar-refractivity contribution is 5.88. The summed E-state index contributed by atoms with van der Waals surface area (Å²) in [5.41, 5.74) is 0.995. The van der Waals surface area contributed by atoms with Gasteiger partial charge in [0.2, 0.25) is 0 Å². The Morgan fingerprint density at radius 2 is 1.90 bits per heavy atom. The van der Waals surface area contributed by atoms with Crippen LogP contribution in [0.2, 0.25) is 0 Å². The smallest absolute Gasteiger partial charge is 0.335 e. The molecule has 0 unspecified atom stereocenters. The number of halogens is 1. The summed E-state index contributed by atoms with van der Waals surface area (Å²) in [7, 11) is 0. The second-order valence-electron chi connectivity index (χ2n) is 4.37. The summed E-state index contributed by atoms with van der Waals surface area (Å²) in [6.07, 6.45) is 0.924. The van der Waals surface area contributed by atoms with Crippen LogP contribution in [0.1, 0.15) is 23.7 Å². The predicted octanol–water partition coefficient (Wildman–Crippen LogP) is 3.98. The molecule has 0 aromatic heterocycles. The van der Waals surface area contributed by atoms with Gasteiger partial charge in [0.15, 0.2) is 0 Å². The van der Waals surface area contributed by atoms with E-state index in [1.54, 1.807) is 24.3 Å². The summed E-state index contributed by atoms with van der Waals surface area (Å²) in [4.78, 5) is 10.8. The molecule has 0 bridgehead atoms. The van der Waals surface area contributed by atoms with Gasteiger partial charge in [-0.05, 0) is 36.2 Å².